The molecule has 4 heterocycles. The van der Waals surface area contributed by atoms with Crippen molar-refractivity contribution in [1.29, 1.82) is 0 Å². The van der Waals surface area contributed by atoms with Crippen LogP contribution in [0.1, 0.15) is 45.5 Å². The fourth-order valence-electron chi connectivity index (χ4n) is 5.71. The number of aryl methyl sites for hydroxylation is 2. The highest BCUT2D eigenvalue weighted by Gasteiger charge is 2.37. The standard InChI is InChI=1S/C30H23BrF7N7O2/c1-14-6-16(3)45(41-14)28-40-23-11-43(26(46)17-4-5-20(31)19(8-17)30(36,37)38)15(2)7-18(23)27(47)44(28)24-10-22-25(9-21(24)32)42(13-39-22)12-29(33,34)35/h4-6,8-10,13,15H,7,11-12H2,1-3H3/t15-/m1/s1. The number of aromatic nitrogens is 6. The van der Waals surface area contributed by atoms with Crippen molar-refractivity contribution in [2.45, 2.75) is 58.7 Å². The molecule has 0 fully saturated rings. The van der Waals surface area contributed by atoms with Gasteiger partial charge in [0.2, 0.25) is 5.95 Å². The number of halogens is 8. The van der Waals surface area contributed by atoms with Crippen LogP contribution < -0.4 is 5.56 Å². The number of rotatable bonds is 4. The molecule has 1 atom stereocenters. The molecule has 0 radical (unpaired) electrons. The van der Waals surface area contributed by atoms with Gasteiger partial charge < -0.3 is 9.47 Å². The third-order valence-electron chi connectivity index (χ3n) is 7.86. The molecule has 0 spiro atoms. The molecule has 5 aromatic rings. The molecule has 246 valence electrons. The van der Waals surface area contributed by atoms with Gasteiger partial charge in [-0.2, -0.15) is 31.4 Å². The van der Waals surface area contributed by atoms with E-state index in [0.29, 0.717) is 11.4 Å². The second-order valence-electron chi connectivity index (χ2n) is 11.3. The van der Waals surface area contributed by atoms with Crippen molar-refractivity contribution in [1.82, 2.24) is 33.8 Å². The predicted molar refractivity (Wildman–Crippen MR) is 158 cm³/mol. The fourth-order valence-corrected chi connectivity index (χ4v) is 6.18. The van der Waals surface area contributed by atoms with E-state index in [9.17, 15) is 35.9 Å². The van der Waals surface area contributed by atoms with Crippen molar-refractivity contribution < 1.29 is 35.5 Å². The first kappa shape index (κ1) is 32.4. The lowest BCUT2D eigenvalue weighted by molar-refractivity contribution is -0.140. The first-order chi connectivity index (χ1) is 21.9. The van der Waals surface area contributed by atoms with Crippen LogP contribution in [0.2, 0.25) is 0 Å². The van der Waals surface area contributed by atoms with Crippen molar-refractivity contribution in [2.75, 3.05) is 0 Å². The van der Waals surface area contributed by atoms with Crippen molar-refractivity contribution in [2.24, 2.45) is 0 Å². The minimum atomic E-state index is -4.72. The molecule has 1 aliphatic heterocycles. The second kappa shape index (κ2) is 11.3. The molecule has 0 saturated heterocycles. The fraction of sp³-hybridized carbons (Fsp3) is 0.300. The highest BCUT2D eigenvalue weighted by atomic mass is 79.9. The molecule has 1 aliphatic rings. The maximum atomic E-state index is 15.8. The van der Waals surface area contributed by atoms with Crippen molar-refractivity contribution >= 4 is 32.9 Å². The van der Waals surface area contributed by atoms with Crippen LogP contribution in [-0.2, 0) is 25.7 Å². The Kier molecular flexibility index (Phi) is 7.80. The second-order valence-corrected chi connectivity index (χ2v) is 12.1. The first-order valence-corrected chi connectivity index (χ1v) is 14.8. The van der Waals surface area contributed by atoms with E-state index in [-0.39, 0.29) is 56.9 Å². The normalized spacial score (nSPS) is 15.4. The molecule has 0 unspecified atom stereocenters. The summed E-state index contributed by atoms with van der Waals surface area (Å²) in [5, 5.41) is 4.39. The number of amides is 1. The molecule has 0 bridgehead atoms. The molecule has 9 nitrogen and oxygen atoms in total. The smallest absolute Gasteiger partial charge is 0.330 e. The SMILES string of the molecule is Cc1cc(C)n(-c2nc3c(c(=O)n2-c2cc4ncn(CC(F)(F)F)c4cc2F)C[C@@H](C)N(C(=O)c2ccc(Br)c(C(F)(F)F)c2)C3)n1. The molecule has 0 N–H and O–H groups in total. The van der Waals surface area contributed by atoms with Gasteiger partial charge in [0.1, 0.15) is 12.4 Å². The van der Waals surface area contributed by atoms with Crippen LogP contribution in [0, 0.1) is 19.7 Å². The number of carbonyl (C=O) groups is 1. The van der Waals surface area contributed by atoms with Gasteiger partial charge >= 0.3 is 12.4 Å². The van der Waals surface area contributed by atoms with Crippen LogP contribution in [0.25, 0.3) is 22.7 Å². The summed E-state index contributed by atoms with van der Waals surface area (Å²) in [6.07, 6.45) is -8.45. The Morgan fingerprint density at radius 1 is 1.06 bits per heavy atom. The molecule has 47 heavy (non-hydrogen) atoms. The molecule has 0 aliphatic carbocycles. The Labute approximate surface area is 269 Å². The number of imidazole rings is 1. The Hall–Kier alpha value is -4.54. The Bertz CT molecular complexity index is 2130. The Morgan fingerprint density at radius 3 is 2.43 bits per heavy atom. The van der Waals surface area contributed by atoms with Crippen LogP contribution in [0.3, 0.4) is 0 Å². The maximum Gasteiger partial charge on any atom is 0.417 e. The summed E-state index contributed by atoms with van der Waals surface area (Å²) in [7, 11) is 0. The topological polar surface area (TPSA) is 90.8 Å². The number of nitrogens with zero attached hydrogens (tertiary/aromatic N) is 7. The molecular formula is C30H23BrF7N7O2. The van der Waals surface area contributed by atoms with Crippen molar-refractivity contribution in [3.05, 3.63) is 97.1 Å². The minimum Gasteiger partial charge on any atom is -0.330 e. The third-order valence-corrected chi connectivity index (χ3v) is 8.55. The average Bonchev–Trinajstić information content (AvgIpc) is 3.51. The summed E-state index contributed by atoms with van der Waals surface area (Å²) in [5.74, 6) is -1.91. The molecule has 17 heteroatoms. The van der Waals surface area contributed by atoms with E-state index < -0.39 is 47.8 Å². The van der Waals surface area contributed by atoms with Crippen molar-refractivity contribution in [3.8, 4) is 11.6 Å². The number of fused-ring (bicyclic) bond motifs is 2. The minimum absolute atomic E-state index is 0.00699. The lowest BCUT2D eigenvalue weighted by Gasteiger charge is -2.34. The molecule has 2 aromatic carbocycles. The van der Waals surface area contributed by atoms with Crippen LogP contribution in [-0.4, -0.2) is 51.9 Å². The number of alkyl halides is 6. The third kappa shape index (κ3) is 5.92. The van der Waals surface area contributed by atoms with Gasteiger partial charge in [0, 0.05) is 33.4 Å². The van der Waals surface area contributed by atoms with E-state index in [2.05, 4.69) is 31.0 Å². The van der Waals surface area contributed by atoms with Crippen molar-refractivity contribution in [3.63, 3.8) is 0 Å². The Balaban J connectivity index is 1.49. The largest absolute Gasteiger partial charge is 0.417 e. The number of hydrogen-bond donors (Lipinski definition) is 0. The maximum absolute atomic E-state index is 15.8. The quantitative estimate of drug-likeness (QED) is 0.199. The zero-order chi connectivity index (χ0) is 34.2. The number of hydrogen-bond acceptors (Lipinski definition) is 5. The first-order valence-electron chi connectivity index (χ1n) is 14.0. The molecule has 0 saturated carbocycles. The molecule has 3 aromatic heterocycles. The summed E-state index contributed by atoms with van der Waals surface area (Å²) in [5.41, 5.74) is -1.15. The summed E-state index contributed by atoms with van der Waals surface area (Å²) in [6, 6.07) is 6.14. The Morgan fingerprint density at radius 2 is 1.79 bits per heavy atom. The molecular weight excluding hydrogens is 703 g/mol. The average molecular weight is 726 g/mol. The molecule has 6 rings (SSSR count). The summed E-state index contributed by atoms with van der Waals surface area (Å²) in [4.78, 5) is 37.7. The van der Waals surface area contributed by atoms with E-state index in [0.717, 1.165) is 39.7 Å². The monoisotopic (exact) mass is 725 g/mol. The van der Waals surface area contributed by atoms with Gasteiger partial charge in [-0.1, -0.05) is 15.9 Å². The van der Waals surface area contributed by atoms with Crippen LogP contribution in [0.15, 0.2) is 52.0 Å². The van der Waals surface area contributed by atoms with Gasteiger partial charge in [-0.05, 0) is 57.5 Å². The summed E-state index contributed by atoms with van der Waals surface area (Å²) < 4.78 is 98.6. The van der Waals surface area contributed by atoms with Gasteiger partial charge in [-0.15, -0.1) is 0 Å². The predicted octanol–water partition coefficient (Wildman–Crippen LogP) is 6.45. The van der Waals surface area contributed by atoms with Gasteiger partial charge in [0.15, 0.2) is 0 Å². The lowest BCUT2D eigenvalue weighted by atomic mass is 9.98. The number of benzene rings is 2. The van der Waals surface area contributed by atoms with E-state index in [1.165, 1.54) is 15.6 Å². The zero-order valence-electron chi connectivity index (χ0n) is 24.7. The van der Waals surface area contributed by atoms with E-state index in [1.54, 1.807) is 26.8 Å². The van der Waals surface area contributed by atoms with Crippen LogP contribution >= 0.6 is 15.9 Å². The van der Waals surface area contributed by atoms with Gasteiger partial charge in [0.25, 0.3) is 11.5 Å². The number of carbonyl (C=O) groups excluding carboxylic acids is 1. The van der Waals surface area contributed by atoms with Gasteiger partial charge in [-0.25, -0.2) is 23.6 Å². The van der Waals surface area contributed by atoms with E-state index >= 15 is 4.39 Å². The van der Waals surface area contributed by atoms with Gasteiger partial charge in [-0.3, -0.25) is 9.59 Å². The lowest BCUT2D eigenvalue weighted by Crippen LogP contribution is -2.46. The van der Waals surface area contributed by atoms with Gasteiger partial charge in [0.05, 0.1) is 46.5 Å². The molecule has 1 amide bonds. The van der Waals surface area contributed by atoms with E-state index in [1.807, 2.05) is 0 Å². The zero-order valence-corrected chi connectivity index (χ0v) is 26.3. The highest BCUT2D eigenvalue weighted by molar-refractivity contribution is 9.10. The van der Waals surface area contributed by atoms with E-state index in [4.69, 9.17) is 0 Å². The summed E-state index contributed by atoms with van der Waals surface area (Å²) in [6.45, 7) is 3.31. The van der Waals surface area contributed by atoms with Crippen LogP contribution in [0.4, 0.5) is 30.7 Å². The van der Waals surface area contributed by atoms with Crippen LogP contribution in [0.5, 0.6) is 0 Å². The summed E-state index contributed by atoms with van der Waals surface area (Å²) >= 11 is 2.87. The highest BCUT2D eigenvalue weighted by Crippen LogP contribution is 2.36.